The zero-order valence-electron chi connectivity index (χ0n) is 21.3. The standard InChI is InChI=1S/C30H31N5O2/c1-18-5-8-23(35-16-21-6-7-22(17-35)33-21)14-25(18)29(36)34-30(9-10-30)26-12-20(28-15-32-19(2)37-28)13-27-24(26)4-3-11-31-27/h3-5,8,11-15,21-22,33H,6-7,9-10,16-17H2,1-2H3,(H,34,36). The van der Waals surface area contributed by atoms with Crippen molar-refractivity contribution in [1.82, 2.24) is 20.6 Å². The van der Waals surface area contributed by atoms with Gasteiger partial charge in [-0.2, -0.15) is 0 Å². The molecule has 4 aromatic rings. The van der Waals surface area contributed by atoms with Gasteiger partial charge in [0.2, 0.25) is 0 Å². The van der Waals surface area contributed by atoms with Crippen LogP contribution in [0.1, 0.15) is 53.1 Å². The van der Waals surface area contributed by atoms with Gasteiger partial charge in [0.15, 0.2) is 11.7 Å². The Kier molecular flexibility index (Phi) is 5.11. The number of oxazole rings is 1. The number of hydrogen-bond acceptors (Lipinski definition) is 6. The van der Waals surface area contributed by atoms with Crippen molar-refractivity contribution in [3.8, 4) is 11.3 Å². The van der Waals surface area contributed by atoms with Crippen LogP contribution in [0.2, 0.25) is 0 Å². The van der Waals surface area contributed by atoms with Crippen LogP contribution in [0, 0.1) is 13.8 Å². The number of aromatic nitrogens is 2. The lowest BCUT2D eigenvalue weighted by atomic mass is 9.95. The number of carbonyl (C=O) groups is 1. The van der Waals surface area contributed by atoms with Gasteiger partial charge < -0.3 is 20.0 Å². The fourth-order valence-corrected chi connectivity index (χ4v) is 6.15. The van der Waals surface area contributed by atoms with Gasteiger partial charge in [-0.1, -0.05) is 12.1 Å². The summed E-state index contributed by atoms with van der Waals surface area (Å²) in [6, 6.07) is 15.6. The predicted octanol–water partition coefficient (Wildman–Crippen LogP) is 4.87. The van der Waals surface area contributed by atoms with Crippen molar-refractivity contribution >= 4 is 22.5 Å². The highest BCUT2D eigenvalue weighted by Gasteiger charge is 2.47. The number of fused-ring (bicyclic) bond motifs is 3. The van der Waals surface area contributed by atoms with Gasteiger partial charge in [-0.05, 0) is 74.1 Å². The molecule has 1 aliphatic carbocycles. The van der Waals surface area contributed by atoms with Gasteiger partial charge in [-0.15, -0.1) is 0 Å². The van der Waals surface area contributed by atoms with E-state index in [0.29, 0.717) is 23.7 Å². The molecule has 2 unspecified atom stereocenters. The van der Waals surface area contributed by atoms with E-state index in [-0.39, 0.29) is 5.91 Å². The van der Waals surface area contributed by atoms with Crippen LogP contribution in [0.15, 0.2) is 59.3 Å². The van der Waals surface area contributed by atoms with Gasteiger partial charge in [0.1, 0.15) is 0 Å². The van der Waals surface area contributed by atoms with E-state index in [1.165, 1.54) is 12.8 Å². The van der Waals surface area contributed by atoms with Crippen molar-refractivity contribution in [2.75, 3.05) is 18.0 Å². The molecule has 2 saturated heterocycles. The third-order valence-electron chi connectivity index (χ3n) is 8.29. The first-order chi connectivity index (χ1) is 18.0. The van der Waals surface area contributed by atoms with Crippen molar-refractivity contribution in [1.29, 1.82) is 0 Å². The Morgan fingerprint density at radius 2 is 1.89 bits per heavy atom. The summed E-state index contributed by atoms with van der Waals surface area (Å²) >= 11 is 0. The lowest BCUT2D eigenvalue weighted by Gasteiger charge is -2.35. The zero-order chi connectivity index (χ0) is 25.1. The molecule has 4 heterocycles. The van der Waals surface area contributed by atoms with E-state index in [0.717, 1.165) is 64.8 Å². The number of anilines is 1. The minimum absolute atomic E-state index is 0.0205. The molecule has 2 aliphatic heterocycles. The Bertz CT molecular complexity index is 1510. The Balaban J connectivity index is 1.22. The largest absolute Gasteiger partial charge is 0.441 e. The first-order valence-corrected chi connectivity index (χ1v) is 13.2. The minimum Gasteiger partial charge on any atom is -0.441 e. The third-order valence-corrected chi connectivity index (χ3v) is 8.29. The van der Waals surface area contributed by atoms with Crippen molar-refractivity contribution in [2.24, 2.45) is 0 Å². The highest BCUT2D eigenvalue weighted by Crippen LogP contribution is 2.49. The Hall–Kier alpha value is -3.71. The first kappa shape index (κ1) is 22.5. The monoisotopic (exact) mass is 493 g/mol. The van der Waals surface area contributed by atoms with E-state index in [1.54, 1.807) is 12.4 Å². The van der Waals surface area contributed by atoms with Crippen LogP contribution in [-0.2, 0) is 5.54 Å². The molecule has 188 valence electrons. The molecule has 0 spiro atoms. The fourth-order valence-electron chi connectivity index (χ4n) is 6.15. The summed E-state index contributed by atoms with van der Waals surface area (Å²) in [4.78, 5) is 25.1. The Labute approximate surface area is 216 Å². The van der Waals surface area contributed by atoms with Crippen molar-refractivity contribution in [3.63, 3.8) is 0 Å². The summed E-state index contributed by atoms with van der Waals surface area (Å²) < 4.78 is 5.83. The molecule has 3 aliphatic rings. The number of aryl methyl sites for hydroxylation is 2. The van der Waals surface area contributed by atoms with Crippen molar-refractivity contribution in [2.45, 2.75) is 57.2 Å². The number of nitrogens with one attached hydrogen (secondary N) is 2. The average molecular weight is 494 g/mol. The summed E-state index contributed by atoms with van der Waals surface area (Å²) in [5.41, 5.74) is 5.36. The topological polar surface area (TPSA) is 83.3 Å². The van der Waals surface area contributed by atoms with Crippen LogP contribution in [-0.4, -0.2) is 41.0 Å². The van der Waals surface area contributed by atoms with Crippen LogP contribution >= 0.6 is 0 Å². The molecule has 7 rings (SSSR count). The van der Waals surface area contributed by atoms with Gasteiger partial charge in [0, 0.05) is 60.5 Å². The molecular weight excluding hydrogens is 462 g/mol. The van der Waals surface area contributed by atoms with E-state index >= 15 is 0 Å². The summed E-state index contributed by atoms with van der Waals surface area (Å²) in [6.07, 6.45) is 7.80. The van der Waals surface area contributed by atoms with Crippen molar-refractivity contribution in [3.05, 3.63) is 77.4 Å². The number of benzene rings is 2. The van der Waals surface area contributed by atoms with Crippen LogP contribution in [0.5, 0.6) is 0 Å². The lowest BCUT2D eigenvalue weighted by Crippen LogP contribution is -2.51. The second-order valence-electron chi connectivity index (χ2n) is 10.9. The van der Waals surface area contributed by atoms with E-state index in [4.69, 9.17) is 4.42 Å². The number of pyridine rings is 1. The maximum absolute atomic E-state index is 13.8. The number of hydrogen-bond donors (Lipinski definition) is 2. The molecule has 1 saturated carbocycles. The Morgan fingerprint density at radius 3 is 2.62 bits per heavy atom. The SMILES string of the molecule is Cc1ncc(-c2cc(C3(NC(=O)c4cc(N5CC6CCC(C5)N6)ccc4C)CC3)c3cccnc3c2)o1. The van der Waals surface area contributed by atoms with E-state index in [2.05, 4.69) is 55.8 Å². The number of piperazine rings is 1. The van der Waals surface area contributed by atoms with Gasteiger partial charge in [0.25, 0.3) is 5.91 Å². The van der Waals surface area contributed by atoms with Crippen LogP contribution in [0.3, 0.4) is 0 Å². The van der Waals surface area contributed by atoms with Crippen LogP contribution < -0.4 is 15.5 Å². The lowest BCUT2D eigenvalue weighted by molar-refractivity contribution is 0.0930. The molecule has 2 N–H and O–H groups in total. The summed E-state index contributed by atoms with van der Waals surface area (Å²) in [6.45, 7) is 5.86. The zero-order valence-corrected chi connectivity index (χ0v) is 21.3. The highest BCUT2D eigenvalue weighted by molar-refractivity contribution is 5.98. The second-order valence-corrected chi connectivity index (χ2v) is 10.9. The van der Waals surface area contributed by atoms with Crippen molar-refractivity contribution < 1.29 is 9.21 Å². The van der Waals surface area contributed by atoms with Gasteiger partial charge in [0.05, 0.1) is 17.3 Å². The normalized spacial score (nSPS) is 21.8. The van der Waals surface area contributed by atoms with E-state index in [9.17, 15) is 4.79 Å². The molecule has 2 aromatic heterocycles. The molecule has 3 fully saturated rings. The summed E-state index contributed by atoms with van der Waals surface area (Å²) in [7, 11) is 0. The Morgan fingerprint density at radius 1 is 1.08 bits per heavy atom. The minimum atomic E-state index is -0.417. The predicted molar refractivity (Wildman–Crippen MR) is 144 cm³/mol. The third kappa shape index (κ3) is 3.98. The quantitative estimate of drug-likeness (QED) is 0.413. The maximum Gasteiger partial charge on any atom is 0.252 e. The molecular formula is C30H31N5O2. The van der Waals surface area contributed by atoms with E-state index in [1.807, 2.05) is 26.0 Å². The van der Waals surface area contributed by atoms with Gasteiger partial charge >= 0.3 is 0 Å². The molecule has 7 nitrogen and oxygen atoms in total. The fraction of sp³-hybridized carbons (Fsp3) is 0.367. The number of amides is 1. The van der Waals surface area contributed by atoms with Crippen LogP contribution in [0.25, 0.3) is 22.2 Å². The second kappa shape index (κ2) is 8.42. The molecule has 2 aromatic carbocycles. The molecule has 7 heteroatoms. The highest BCUT2D eigenvalue weighted by atomic mass is 16.4. The van der Waals surface area contributed by atoms with Gasteiger partial charge in [-0.3, -0.25) is 9.78 Å². The number of carbonyl (C=O) groups excluding carboxylic acids is 1. The molecule has 37 heavy (non-hydrogen) atoms. The molecule has 2 bridgehead atoms. The molecule has 2 atom stereocenters. The maximum atomic E-state index is 13.8. The molecule has 0 radical (unpaired) electrons. The summed E-state index contributed by atoms with van der Waals surface area (Å²) in [5, 5.41) is 8.18. The van der Waals surface area contributed by atoms with Gasteiger partial charge in [-0.25, -0.2) is 4.98 Å². The number of nitrogens with zero attached hydrogens (tertiary/aromatic N) is 3. The smallest absolute Gasteiger partial charge is 0.252 e. The number of rotatable bonds is 5. The molecule has 1 amide bonds. The first-order valence-electron chi connectivity index (χ1n) is 13.2. The summed E-state index contributed by atoms with van der Waals surface area (Å²) in [5.74, 6) is 1.31. The average Bonchev–Trinajstić information content (AvgIpc) is 3.42. The van der Waals surface area contributed by atoms with E-state index < -0.39 is 5.54 Å². The van der Waals surface area contributed by atoms with Crippen LogP contribution in [0.4, 0.5) is 5.69 Å².